The van der Waals surface area contributed by atoms with Crippen LogP contribution in [0, 0.1) is 0 Å². The average molecular weight is 203 g/mol. The van der Waals surface area contributed by atoms with Gasteiger partial charge in [-0.1, -0.05) is 0 Å². The molecule has 0 aliphatic rings. The molecule has 0 rings (SSSR count). The summed E-state index contributed by atoms with van der Waals surface area (Å²) in [4.78, 5) is 21.4. The fourth-order valence-corrected chi connectivity index (χ4v) is 1.03. The number of hydrogen-bond acceptors (Lipinski definition) is 4. The first-order chi connectivity index (χ1) is 6.47. The summed E-state index contributed by atoms with van der Waals surface area (Å²) in [5.41, 5.74) is 0. The zero-order valence-corrected chi connectivity index (χ0v) is 8.74. The van der Waals surface area contributed by atoms with E-state index in [0.717, 1.165) is 0 Å². The van der Waals surface area contributed by atoms with Gasteiger partial charge < -0.3 is 15.2 Å². The maximum atomic E-state index is 10.7. The normalized spacial score (nSPS) is 14.3. The maximum absolute atomic E-state index is 10.7. The minimum Gasteiger partial charge on any atom is -0.469 e. The van der Waals surface area contributed by atoms with Crippen LogP contribution in [0.5, 0.6) is 0 Å². The number of ether oxygens (including phenoxy) is 1. The Morgan fingerprint density at radius 1 is 1.50 bits per heavy atom. The molecule has 0 spiro atoms. The molecule has 0 fully saturated rings. The molecular weight excluding hydrogens is 186 g/mol. The van der Waals surface area contributed by atoms with Crippen LogP contribution in [0.1, 0.15) is 26.7 Å². The Labute approximate surface area is 83.4 Å². The number of methoxy groups -OCH3 is 1. The Morgan fingerprint density at radius 3 is 2.50 bits per heavy atom. The Morgan fingerprint density at radius 2 is 2.07 bits per heavy atom. The van der Waals surface area contributed by atoms with E-state index < -0.39 is 6.10 Å². The second-order valence-corrected chi connectivity index (χ2v) is 3.17. The largest absolute Gasteiger partial charge is 0.469 e. The van der Waals surface area contributed by atoms with Crippen molar-refractivity contribution in [2.24, 2.45) is 0 Å². The fraction of sp³-hybridized carbons (Fsp3) is 0.778. The fourth-order valence-electron chi connectivity index (χ4n) is 1.03. The minimum absolute atomic E-state index is 0.154. The molecule has 0 aromatic heterocycles. The number of carbonyl (C=O) groups is 2. The van der Waals surface area contributed by atoms with Gasteiger partial charge in [0, 0.05) is 13.3 Å². The van der Waals surface area contributed by atoms with Crippen molar-refractivity contribution < 1.29 is 19.4 Å². The van der Waals surface area contributed by atoms with Crippen LogP contribution in [0.15, 0.2) is 0 Å². The quantitative estimate of drug-likeness (QED) is 0.608. The summed E-state index contributed by atoms with van der Waals surface area (Å²) in [5, 5.41) is 12.0. The lowest BCUT2D eigenvalue weighted by atomic mass is 10.1. The van der Waals surface area contributed by atoms with Gasteiger partial charge in [-0.3, -0.25) is 9.59 Å². The minimum atomic E-state index is -0.724. The Kier molecular flexibility index (Phi) is 5.87. The number of aliphatic hydroxyl groups is 1. The third-order valence-corrected chi connectivity index (χ3v) is 1.88. The second-order valence-electron chi connectivity index (χ2n) is 3.17. The standard InChI is InChI=1S/C9H17NO4/c1-6(10-7(2)11)8(12)4-5-9(13)14-3/h6,8,12H,4-5H2,1-3H3,(H,10,11). The van der Waals surface area contributed by atoms with Crippen molar-refractivity contribution in [3.05, 3.63) is 0 Å². The van der Waals surface area contributed by atoms with Gasteiger partial charge in [0.1, 0.15) is 0 Å². The number of esters is 1. The van der Waals surface area contributed by atoms with Crippen LogP contribution in [0.3, 0.4) is 0 Å². The lowest BCUT2D eigenvalue weighted by Crippen LogP contribution is -2.40. The van der Waals surface area contributed by atoms with Crippen LogP contribution < -0.4 is 5.32 Å². The molecule has 2 unspecified atom stereocenters. The number of amides is 1. The highest BCUT2D eigenvalue weighted by Crippen LogP contribution is 2.03. The number of hydrogen-bond donors (Lipinski definition) is 2. The van der Waals surface area contributed by atoms with Gasteiger partial charge in [-0.25, -0.2) is 0 Å². The van der Waals surface area contributed by atoms with Crippen LogP contribution in [0.4, 0.5) is 0 Å². The van der Waals surface area contributed by atoms with Crippen LogP contribution in [-0.4, -0.2) is 36.2 Å². The van der Waals surface area contributed by atoms with Gasteiger partial charge in [0.15, 0.2) is 0 Å². The molecule has 5 heteroatoms. The molecule has 0 aromatic rings. The summed E-state index contributed by atoms with van der Waals surface area (Å²) in [7, 11) is 1.30. The van der Waals surface area contributed by atoms with Crippen molar-refractivity contribution in [1.82, 2.24) is 5.32 Å². The zero-order valence-electron chi connectivity index (χ0n) is 8.74. The first-order valence-corrected chi connectivity index (χ1v) is 4.49. The van der Waals surface area contributed by atoms with Gasteiger partial charge >= 0.3 is 5.97 Å². The SMILES string of the molecule is COC(=O)CCC(O)C(C)NC(C)=O. The second kappa shape index (κ2) is 6.37. The molecule has 82 valence electrons. The van der Waals surface area contributed by atoms with Crippen LogP contribution in [0.25, 0.3) is 0 Å². The van der Waals surface area contributed by atoms with Crippen LogP contribution in [0.2, 0.25) is 0 Å². The highest BCUT2D eigenvalue weighted by atomic mass is 16.5. The van der Waals surface area contributed by atoms with Crippen molar-refractivity contribution >= 4 is 11.9 Å². The van der Waals surface area contributed by atoms with Crippen LogP contribution in [-0.2, 0) is 14.3 Å². The Balaban J connectivity index is 3.77. The van der Waals surface area contributed by atoms with Crippen molar-refractivity contribution in [3.8, 4) is 0 Å². The lowest BCUT2D eigenvalue weighted by Gasteiger charge is -2.18. The number of rotatable bonds is 5. The number of nitrogens with one attached hydrogen (secondary N) is 1. The molecule has 0 saturated heterocycles. The summed E-state index contributed by atoms with van der Waals surface area (Å²) >= 11 is 0. The van der Waals surface area contributed by atoms with Gasteiger partial charge in [0.05, 0.1) is 19.3 Å². The highest BCUT2D eigenvalue weighted by molar-refractivity contribution is 5.73. The van der Waals surface area contributed by atoms with E-state index in [2.05, 4.69) is 10.1 Å². The van der Waals surface area contributed by atoms with E-state index in [4.69, 9.17) is 0 Å². The van der Waals surface area contributed by atoms with Gasteiger partial charge in [-0.15, -0.1) is 0 Å². The molecule has 2 atom stereocenters. The average Bonchev–Trinajstić information content (AvgIpc) is 2.12. The molecule has 14 heavy (non-hydrogen) atoms. The molecule has 0 heterocycles. The van der Waals surface area contributed by atoms with E-state index in [-0.39, 0.29) is 30.8 Å². The van der Waals surface area contributed by atoms with E-state index in [1.54, 1.807) is 6.92 Å². The van der Waals surface area contributed by atoms with Crippen molar-refractivity contribution in [2.75, 3.05) is 7.11 Å². The lowest BCUT2D eigenvalue weighted by molar-refractivity contribution is -0.141. The molecule has 2 N–H and O–H groups in total. The molecule has 1 amide bonds. The first-order valence-electron chi connectivity index (χ1n) is 4.49. The van der Waals surface area contributed by atoms with Gasteiger partial charge in [0.25, 0.3) is 0 Å². The van der Waals surface area contributed by atoms with Gasteiger partial charge in [-0.05, 0) is 13.3 Å². The molecule has 0 bridgehead atoms. The molecule has 0 saturated carbocycles. The molecule has 0 radical (unpaired) electrons. The Bertz CT molecular complexity index is 205. The third kappa shape index (κ3) is 5.53. The maximum Gasteiger partial charge on any atom is 0.305 e. The molecule has 0 aliphatic heterocycles. The Hall–Kier alpha value is -1.10. The first kappa shape index (κ1) is 12.9. The predicted octanol–water partition coefficient (Wildman–Crippen LogP) is -0.175. The summed E-state index contributed by atoms with van der Waals surface area (Å²) in [6.07, 6.45) is -0.284. The monoisotopic (exact) mass is 203 g/mol. The van der Waals surface area contributed by atoms with E-state index in [1.165, 1.54) is 14.0 Å². The topological polar surface area (TPSA) is 75.6 Å². The number of aliphatic hydroxyl groups excluding tert-OH is 1. The highest BCUT2D eigenvalue weighted by Gasteiger charge is 2.16. The van der Waals surface area contributed by atoms with Gasteiger partial charge in [0.2, 0.25) is 5.91 Å². The summed E-state index contributed by atoms with van der Waals surface area (Å²) in [6.45, 7) is 3.06. The van der Waals surface area contributed by atoms with Crippen molar-refractivity contribution in [1.29, 1.82) is 0 Å². The van der Waals surface area contributed by atoms with Crippen molar-refractivity contribution in [3.63, 3.8) is 0 Å². The molecule has 0 aromatic carbocycles. The molecule has 5 nitrogen and oxygen atoms in total. The predicted molar refractivity (Wildman–Crippen MR) is 50.5 cm³/mol. The number of carbonyl (C=O) groups excluding carboxylic acids is 2. The van der Waals surface area contributed by atoms with E-state index >= 15 is 0 Å². The zero-order chi connectivity index (χ0) is 11.1. The van der Waals surface area contributed by atoms with Crippen molar-refractivity contribution in [2.45, 2.75) is 38.8 Å². The third-order valence-electron chi connectivity index (χ3n) is 1.88. The summed E-state index contributed by atoms with van der Waals surface area (Å²) in [5.74, 6) is -0.561. The summed E-state index contributed by atoms with van der Waals surface area (Å²) in [6, 6.07) is -0.350. The van der Waals surface area contributed by atoms with Crippen LogP contribution >= 0.6 is 0 Å². The molecule has 0 aliphatic carbocycles. The molecular formula is C9H17NO4. The van der Waals surface area contributed by atoms with E-state index in [1.807, 2.05) is 0 Å². The summed E-state index contributed by atoms with van der Waals surface area (Å²) < 4.78 is 4.42. The smallest absolute Gasteiger partial charge is 0.305 e. The van der Waals surface area contributed by atoms with E-state index in [0.29, 0.717) is 0 Å². The van der Waals surface area contributed by atoms with Gasteiger partial charge in [-0.2, -0.15) is 0 Å². The van der Waals surface area contributed by atoms with E-state index in [9.17, 15) is 14.7 Å².